The number of Topliss-reactive ketones (excluding diaryl/α,β-unsaturated/α-hetero) is 1. The van der Waals surface area contributed by atoms with Crippen molar-refractivity contribution in [3.05, 3.63) is 71.8 Å². The summed E-state index contributed by atoms with van der Waals surface area (Å²) in [6.07, 6.45) is 3.56. The molecule has 0 aromatic heterocycles. The van der Waals surface area contributed by atoms with Gasteiger partial charge < -0.3 is 20.1 Å². The molecule has 2 aromatic carbocycles. The molecule has 2 saturated heterocycles. The maximum absolute atomic E-state index is 14.3. The minimum Gasteiger partial charge on any atom is -0.497 e. The second kappa shape index (κ2) is 9.59. The lowest BCUT2D eigenvalue weighted by atomic mass is 9.70. The Balaban J connectivity index is 1.52. The largest absolute Gasteiger partial charge is 0.497 e. The van der Waals surface area contributed by atoms with Gasteiger partial charge in [0, 0.05) is 23.3 Å². The van der Waals surface area contributed by atoms with E-state index in [1.165, 1.54) is 11.8 Å². The van der Waals surface area contributed by atoms with Gasteiger partial charge in [-0.3, -0.25) is 24.1 Å². The fourth-order valence-electron chi connectivity index (χ4n) is 6.17. The Bertz CT molecular complexity index is 1410. The van der Waals surface area contributed by atoms with E-state index in [1.807, 2.05) is 45.0 Å². The monoisotopic (exact) mass is 545 g/mol. The van der Waals surface area contributed by atoms with Crippen molar-refractivity contribution >= 4 is 29.2 Å². The molecule has 0 aliphatic carbocycles. The molecule has 5 rings (SSSR count). The van der Waals surface area contributed by atoms with Crippen LogP contribution in [-0.4, -0.2) is 53.4 Å². The number of ether oxygens (including phenoxy) is 2. The van der Waals surface area contributed by atoms with Crippen molar-refractivity contribution in [3.63, 3.8) is 0 Å². The molecule has 2 bridgehead atoms. The second-order valence-corrected chi connectivity index (χ2v) is 12.0. The Labute approximate surface area is 233 Å². The summed E-state index contributed by atoms with van der Waals surface area (Å²) < 4.78 is 11.8. The lowest BCUT2D eigenvalue weighted by molar-refractivity contribution is -0.134. The third-order valence-electron chi connectivity index (χ3n) is 7.88. The molecule has 1 spiro atoms. The van der Waals surface area contributed by atoms with Gasteiger partial charge in [0.15, 0.2) is 5.78 Å². The number of amides is 3. The third kappa shape index (κ3) is 4.48. The summed E-state index contributed by atoms with van der Waals surface area (Å²) in [4.78, 5) is 55.5. The molecule has 9 heteroatoms. The normalized spacial score (nSPS) is 28.4. The first-order valence-corrected chi connectivity index (χ1v) is 13.4. The number of fused-ring (bicyclic) bond motifs is 1. The molecule has 3 aliphatic heterocycles. The van der Waals surface area contributed by atoms with Crippen LogP contribution >= 0.6 is 0 Å². The molecule has 2 aromatic rings. The fraction of sp³-hybridized carbons (Fsp3) is 0.419. The summed E-state index contributed by atoms with van der Waals surface area (Å²) in [5, 5.41) is 5.97. The standard InChI is InChI=1S/C31H35N3O6/c1-18(35)20-8-7-9-21(16-20)34-25(27(37)33-29(2,3)4)31-15-14-30(5,40-31)23(24(31)28(34)38)26(36)32-17-19-10-12-22(39-6)13-11-19/h7-16,23-25H,17H2,1-6H3,(H,32,36)(H,33,37)/t23-,24+,25-,30+,31+/m0/s1. The van der Waals surface area contributed by atoms with Crippen molar-refractivity contribution in [2.24, 2.45) is 11.8 Å². The van der Waals surface area contributed by atoms with Gasteiger partial charge in [-0.1, -0.05) is 36.4 Å². The molecular formula is C31H35N3O6. The predicted molar refractivity (Wildman–Crippen MR) is 149 cm³/mol. The topological polar surface area (TPSA) is 114 Å². The summed E-state index contributed by atoms with van der Waals surface area (Å²) in [5.41, 5.74) is -1.32. The second-order valence-electron chi connectivity index (χ2n) is 12.0. The molecular weight excluding hydrogens is 510 g/mol. The van der Waals surface area contributed by atoms with E-state index in [2.05, 4.69) is 10.6 Å². The molecule has 2 fully saturated rings. The van der Waals surface area contributed by atoms with Gasteiger partial charge in [-0.25, -0.2) is 0 Å². The van der Waals surface area contributed by atoms with Gasteiger partial charge in [0.1, 0.15) is 17.4 Å². The van der Waals surface area contributed by atoms with Crippen molar-refractivity contribution in [1.29, 1.82) is 0 Å². The summed E-state index contributed by atoms with van der Waals surface area (Å²) in [6, 6.07) is 12.9. The van der Waals surface area contributed by atoms with Crippen molar-refractivity contribution in [3.8, 4) is 5.75 Å². The minimum absolute atomic E-state index is 0.164. The molecule has 0 saturated carbocycles. The molecule has 210 valence electrons. The van der Waals surface area contributed by atoms with Crippen LogP contribution in [0.5, 0.6) is 5.75 Å². The van der Waals surface area contributed by atoms with Gasteiger partial charge in [0.05, 0.1) is 24.5 Å². The summed E-state index contributed by atoms with van der Waals surface area (Å²) in [6.45, 7) is 9.05. The average Bonchev–Trinajstić information content (AvgIpc) is 3.47. The van der Waals surface area contributed by atoms with Crippen LogP contribution in [0.15, 0.2) is 60.7 Å². The highest BCUT2D eigenvalue weighted by Crippen LogP contribution is 2.60. The number of carbonyl (C=O) groups excluding carboxylic acids is 4. The summed E-state index contributed by atoms with van der Waals surface area (Å²) in [7, 11) is 1.59. The SMILES string of the molecule is COc1ccc(CNC(=O)[C@@H]2[C@@H]3C(=O)N(c4cccc(C(C)=O)c4)[C@@H](C(=O)NC(C)(C)C)[C@@]34C=C[C@@]2(C)O4)cc1. The van der Waals surface area contributed by atoms with Crippen LogP contribution in [0.2, 0.25) is 0 Å². The van der Waals surface area contributed by atoms with E-state index >= 15 is 0 Å². The molecule has 2 N–H and O–H groups in total. The number of rotatable bonds is 7. The van der Waals surface area contributed by atoms with Gasteiger partial charge in [0.2, 0.25) is 17.7 Å². The first-order chi connectivity index (χ1) is 18.8. The van der Waals surface area contributed by atoms with Crippen molar-refractivity contribution in [1.82, 2.24) is 10.6 Å². The van der Waals surface area contributed by atoms with Gasteiger partial charge in [-0.15, -0.1) is 0 Å². The lowest BCUT2D eigenvalue weighted by Crippen LogP contribution is -2.58. The fourth-order valence-corrected chi connectivity index (χ4v) is 6.17. The quantitative estimate of drug-likeness (QED) is 0.408. The molecule has 3 aliphatic rings. The lowest BCUT2D eigenvalue weighted by Gasteiger charge is -2.35. The zero-order chi connectivity index (χ0) is 29.0. The maximum Gasteiger partial charge on any atom is 0.246 e. The van der Waals surface area contributed by atoms with Crippen LogP contribution in [0.25, 0.3) is 0 Å². The number of hydrogen-bond acceptors (Lipinski definition) is 6. The van der Waals surface area contributed by atoms with E-state index in [0.717, 1.165) is 5.56 Å². The van der Waals surface area contributed by atoms with Crippen LogP contribution in [0.1, 0.15) is 50.5 Å². The summed E-state index contributed by atoms with van der Waals surface area (Å²) in [5.74, 6) is -2.39. The van der Waals surface area contributed by atoms with E-state index < -0.39 is 46.4 Å². The highest BCUT2D eigenvalue weighted by atomic mass is 16.5. The molecule has 9 nitrogen and oxygen atoms in total. The van der Waals surface area contributed by atoms with Crippen molar-refractivity contribution in [2.75, 3.05) is 12.0 Å². The predicted octanol–water partition coefficient (Wildman–Crippen LogP) is 3.17. The maximum atomic E-state index is 14.3. The van der Waals surface area contributed by atoms with Crippen LogP contribution in [-0.2, 0) is 25.7 Å². The molecule has 0 unspecified atom stereocenters. The highest BCUT2D eigenvalue weighted by Gasteiger charge is 2.76. The molecule has 5 atom stereocenters. The number of benzene rings is 2. The first-order valence-electron chi connectivity index (χ1n) is 13.4. The van der Waals surface area contributed by atoms with Crippen LogP contribution in [0.4, 0.5) is 5.69 Å². The number of hydrogen-bond donors (Lipinski definition) is 2. The van der Waals surface area contributed by atoms with Gasteiger partial charge in [-0.2, -0.15) is 0 Å². The van der Waals surface area contributed by atoms with E-state index in [4.69, 9.17) is 9.47 Å². The first kappa shape index (κ1) is 27.6. The van der Waals surface area contributed by atoms with E-state index in [9.17, 15) is 19.2 Å². The van der Waals surface area contributed by atoms with Crippen LogP contribution < -0.4 is 20.3 Å². The number of nitrogens with one attached hydrogen (secondary N) is 2. The molecule has 40 heavy (non-hydrogen) atoms. The van der Waals surface area contributed by atoms with Gasteiger partial charge >= 0.3 is 0 Å². The van der Waals surface area contributed by atoms with Gasteiger partial charge in [0.25, 0.3) is 0 Å². The Morgan fingerprint density at radius 3 is 2.38 bits per heavy atom. The average molecular weight is 546 g/mol. The number of ketones is 1. The number of carbonyl (C=O) groups is 4. The smallest absolute Gasteiger partial charge is 0.246 e. The molecule has 0 radical (unpaired) electrons. The number of nitrogens with zero attached hydrogens (tertiary/aromatic N) is 1. The Kier molecular flexibility index (Phi) is 6.61. The third-order valence-corrected chi connectivity index (χ3v) is 7.88. The van der Waals surface area contributed by atoms with Crippen molar-refractivity contribution in [2.45, 2.75) is 63.9 Å². The Hall–Kier alpha value is -3.98. The number of anilines is 1. The highest BCUT2D eigenvalue weighted by molar-refractivity contribution is 6.11. The number of methoxy groups -OCH3 is 1. The van der Waals surface area contributed by atoms with Crippen molar-refractivity contribution < 1.29 is 28.7 Å². The zero-order valence-corrected chi connectivity index (χ0v) is 23.6. The zero-order valence-electron chi connectivity index (χ0n) is 23.6. The summed E-state index contributed by atoms with van der Waals surface area (Å²) >= 11 is 0. The van der Waals surface area contributed by atoms with E-state index in [-0.39, 0.29) is 18.2 Å². The molecule has 3 heterocycles. The van der Waals surface area contributed by atoms with E-state index in [1.54, 1.807) is 50.5 Å². The minimum atomic E-state index is -1.35. The van der Waals surface area contributed by atoms with E-state index in [0.29, 0.717) is 17.0 Å². The Morgan fingerprint density at radius 2 is 1.75 bits per heavy atom. The Morgan fingerprint density at radius 1 is 1.05 bits per heavy atom. The van der Waals surface area contributed by atoms with Crippen LogP contribution in [0, 0.1) is 11.8 Å². The van der Waals surface area contributed by atoms with Gasteiger partial charge in [-0.05, 0) is 64.4 Å². The molecule has 3 amide bonds. The van der Waals surface area contributed by atoms with Crippen LogP contribution in [0.3, 0.4) is 0 Å².